The summed E-state index contributed by atoms with van der Waals surface area (Å²) in [5, 5.41) is 1.87. The molecule has 0 bridgehead atoms. The molecule has 10 heavy (non-hydrogen) atoms. The number of rotatable bonds is 3. The van der Waals surface area contributed by atoms with Gasteiger partial charge in [0.05, 0.1) is 0 Å². The zero-order valence-corrected chi connectivity index (χ0v) is 6.85. The molecule has 0 aliphatic heterocycles. The summed E-state index contributed by atoms with van der Waals surface area (Å²) in [4.78, 5) is 0. The van der Waals surface area contributed by atoms with Gasteiger partial charge in [-0.1, -0.05) is 12.5 Å². The number of nitrogens with zero attached hydrogens (tertiary/aromatic N) is 1. The molecule has 0 amide bonds. The van der Waals surface area contributed by atoms with Crippen molar-refractivity contribution in [2.45, 2.75) is 25.3 Å². The highest BCUT2D eigenvalue weighted by molar-refractivity contribution is 4.81. The van der Waals surface area contributed by atoms with Gasteiger partial charge in [-0.2, -0.15) is 0 Å². The Hall–Kier alpha value is -0.0500. The first-order chi connectivity index (χ1) is 4.34. The summed E-state index contributed by atoms with van der Waals surface area (Å²) in [6.07, 6.45) is 5.72. The van der Waals surface area contributed by atoms with Crippen LogP contribution < -0.4 is 18.2 Å². The van der Waals surface area contributed by atoms with Crippen LogP contribution in [0.25, 0.3) is 0 Å². The molecule has 1 aliphatic rings. The second-order valence-corrected chi connectivity index (χ2v) is 2.57. The highest BCUT2D eigenvalue weighted by Crippen LogP contribution is 2.21. The molecule has 1 saturated carbocycles. The number of hydrogen-bond acceptors (Lipinski definition) is 2. The molecule has 2 N–H and O–H groups in total. The van der Waals surface area contributed by atoms with Crippen molar-refractivity contribution in [3.63, 3.8) is 0 Å². The van der Waals surface area contributed by atoms with E-state index in [0.717, 1.165) is 6.54 Å². The average Bonchev–Trinajstić information content (AvgIpc) is 1.60. The maximum Gasteiger partial charge on any atom is 1.00 e. The van der Waals surface area contributed by atoms with Gasteiger partial charge in [0.1, 0.15) is 0 Å². The quantitative estimate of drug-likeness (QED) is 0.296. The lowest BCUT2D eigenvalue weighted by Crippen LogP contribution is -3.00. The molecule has 0 heterocycles. The lowest BCUT2D eigenvalue weighted by molar-refractivity contribution is -0.00000204. The van der Waals surface area contributed by atoms with Crippen LogP contribution in [-0.2, 0) is 0 Å². The van der Waals surface area contributed by atoms with Gasteiger partial charge in [-0.05, 0) is 12.8 Å². The first-order valence-corrected chi connectivity index (χ1v) is 3.47. The molecule has 0 radical (unpaired) electrons. The van der Waals surface area contributed by atoms with E-state index in [4.69, 9.17) is 5.84 Å². The number of hydrogen-bond donors (Lipinski definition) is 1. The van der Waals surface area contributed by atoms with Gasteiger partial charge < -0.3 is 12.4 Å². The smallest absolute Gasteiger partial charge is 1.00 e. The molecule has 0 unspecified atom stereocenters. The Balaban J connectivity index is 0. The van der Waals surface area contributed by atoms with Gasteiger partial charge in [0.2, 0.25) is 0 Å². The van der Waals surface area contributed by atoms with E-state index in [-0.39, 0.29) is 13.8 Å². The van der Waals surface area contributed by atoms with Crippen molar-refractivity contribution in [2.24, 2.45) is 5.84 Å². The second-order valence-electron chi connectivity index (χ2n) is 2.57. The van der Waals surface area contributed by atoms with Gasteiger partial charge in [-0.15, -0.1) is 6.58 Å². The molecule has 0 aromatic carbocycles. The van der Waals surface area contributed by atoms with Crippen LogP contribution in [0.5, 0.6) is 0 Å². The van der Waals surface area contributed by atoms with E-state index in [9.17, 15) is 0 Å². The van der Waals surface area contributed by atoms with Crippen LogP contribution in [0.4, 0.5) is 0 Å². The standard InChI is InChI=1S/C7H14N2.ClH/c1-2-6-9(8)7-4-3-5-7;/h2,7H,1,3-6,8H2;1H. The van der Waals surface area contributed by atoms with Crippen molar-refractivity contribution in [3.8, 4) is 0 Å². The minimum Gasteiger partial charge on any atom is -1.00 e. The Bertz CT molecular complexity index is 107. The van der Waals surface area contributed by atoms with Crippen LogP contribution in [-0.4, -0.2) is 17.6 Å². The SMILES string of the molecule is C=CCN(N)C1CCC1.[Cl-].[H+]. The largest absolute Gasteiger partial charge is 1.00 e. The molecule has 1 aliphatic carbocycles. The molecule has 0 spiro atoms. The molecule has 1 fully saturated rings. The summed E-state index contributed by atoms with van der Waals surface area (Å²) < 4.78 is 0. The first-order valence-electron chi connectivity index (χ1n) is 3.47. The predicted molar refractivity (Wildman–Crippen MR) is 39.8 cm³/mol. The van der Waals surface area contributed by atoms with Crippen LogP contribution in [0.1, 0.15) is 20.7 Å². The lowest BCUT2D eigenvalue weighted by Gasteiger charge is -2.33. The summed E-state index contributed by atoms with van der Waals surface area (Å²) in [6.45, 7) is 4.44. The maximum absolute atomic E-state index is 5.65. The molecular weight excluding hydrogens is 148 g/mol. The fourth-order valence-electron chi connectivity index (χ4n) is 1.02. The van der Waals surface area contributed by atoms with E-state index >= 15 is 0 Å². The Morgan fingerprint density at radius 3 is 2.60 bits per heavy atom. The fraction of sp³-hybridized carbons (Fsp3) is 0.714. The van der Waals surface area contributed by atoms with Crippen LogP contribution >= 0.6 is 0 Å². The van der Waals surface area contributed by atoms with Gasteiger partial charge in [-0.25, -0.2) is 5.01 Å². The fourth-order valence-corrected chi connectivity index (χ4v) is 1.02. The van der Waals surface area contributed by atoms with Crippen molar-refractivity contribution in [1.29, 1.82) is 0 Å². The number of hydrazine groups is 1. The molecule has 3 heteroatoms. The Labute approximate surface area is 69.9 Å². The van der Waals surface area contributed by atoms with Gasteiger partial charge in [-0.3, -0.25) is 5.84 Å². The Kier molecular flexibility index (Phi) is 4.69. The molecule has 0 atom stereocenters. The molecule has 0 aromatic heterocycles. The van der Waals surface area contributed by atoms with Crippen molar-refractivity contribution < 1.29 is 13.8 Å². The van der Waals surface area contributed by atoms with Crippen molar-refractivity contribution >= 4 is 0 Å². The molecule has 2 nitrogen and oxygen atoms in total. The van der Waals surface area contributed by atoms with Crippen LogP contribution in [0, 0.1) is 0 Å². The molecule has 0 saturated heterocycles. The Morgan fingerprint density at radius 1 is 1.70 bits per heavy atom. The minimum absolute atomic E-state index is 0. The van der Waals surface area contributed by atoms with Gasteiger partial charge in [0.25, 0.3) is 0 Å². The third kappa shape index (κ3) is 2.29. The van der Waals surface area contributed by atoms with Crippen molar-refractivity contribution in [2.75, 3.05) is 6.54 Å². The van der Waals surface area contributed by atoms with E-state index in [0.29, 0.717) is 6.04 Å². The highest BCUT2D eigenvalue weighted by atomic mass is 35.5. The van der Waals surface area contributed by atoms with Gasteiger partial charge in [0, 0.05) is 12.6 Å². The third-order valence-electron chi connectivity index (χ3n) is 1.88. The third-order valence-corrected chi connectivity index (χ3v) is 1.88. The topological polar surface area (TPSA) is 29.3 Å². The van der Waals surface area contributed by atoms with Crippen LogP contribution in [0.15, 0.2) is 12.7 Å². The van der Waals surface area contributed by atoms with Crippen LogP contribution in [0.2, 0.25) is 0 Å². The monoisotopic (exact) mass is 162 g/mol. The highest BCUT2D eigenvalue weighted by Gasteiger charge is 2.20. The second kappa shape index (κ2) is 4.72. The van der Waals surface area contributed by atoms with Gasteiger partial charge >= 0.3 is 1.43 Å². The number of nitrogens with two attached hydrogens (primary N) is 1. The summed E-state index contributed by atoms with van der Waals surface area (Å²) in [7, 11) is 0. The van der Waals surface area contributed by atoms with Crippen molar-refractivity contribution in [1.82, 2.24) is 5.01 Å². The van der Waals surface area contributed by atoms with E-state index in [2.05, 4.69) is 6.58 Å². The molecule has 0 aromatic rings. The summed E-state index contributed by atoms with van der Waals surface area (Å²) in [6, 6.07) is 0.642. The molecule has 60 valence electrons. The Morgan fingerprint density at radius 2 is 2.30 bits per heavy atom. The summed E-state index contributed by atoms with van der Waals surface area (Å²) >= 11 is 0. The molecule has 1 rings (SSSR count). The summed E-state index contributed by atoms with van der Waals surface area (Å²) in [5.41, 5.74) is 0. The van der Waals surface area contributed by atoms with Gasteiger partial charge in [0.15, 0.2) is 0 Å². The predicted octanol–water partition coefficient (Wildman–Crippen LogP) is -1.98. The van der Waals surface area contributed by atoms with Crippen LogP contribution in [0.3, 0.4) is 0 Å². The maximum atomic E-state index is 5.65. The first kappa shape index (κ1) is 9.95. The zero-order valence-electron chi connectivity index (χ0n) is 7.09. The normalized spacial score (nSPS) is 17.8. The van der Waals surface area contributed by atoms with E-state index in [1.54, 1.807) is 0 Å². The average molecular weight is 163 g/mol. The lowest BCUT2D eigenvalue weighted by atomic mass is 9.93. The van der Waals surface area contributed by atoms with E-state index in [1.807, 2.05) is 11.1 Å². The number of halogens is 1. The zero-order chi connectivity index (χ0) is 6.69. The van der Waals surface area contributed by atoms with Crippen molar-refractivity contribution in [3.05, 3.63) is 12.7 Å². The minimum atomic E-state index is 0. The summed E-state index contributed by atoms with van der Waals surface area (Å²) in [5.74, 6) is 5.65. The van der Waals surface area contributed by atoms with E-state index in [1.165, 1.54) is 19.3 Å². The van der Waals surface area contributed by atoms with E-state index < -0.39 is 0 Å². The molecular formula is C7H15ClN2.